The molecule has 1 aromatic heterocycles. The van der Waals surface area contributed by atoms with Crippen LogP contribution < -0.4 is 15.4 Å². The number of ether oxygens (including phenoxy) is 1. The van der Waals surface area contributed by atoms with Gasteiger partial charge in [0.1, 0.15) is 16.8 Å². The molecule has 0 atom stereocenters. The van der Waals surface area contributed by atoms with E-state index in [4.69, 9.17) is 17.0 Å². The van der Waals surface area contributed by atoms with E-state index in [-0.39, 0.29) is 11.0 Å². The zero-order valence-corrected chi connectivity index (χ0v) is 20.4. The molecular weight excluding hydrogens is 514 g/mol. The highest BCUT2D eigenvalue weighted by molar-refractivity contribution is 9.10. The molecule has 9 heteroatoms. The Balaban J connectivity index is 1.35. The summed E-state index contributed by atoms with van der Waals surface area (Å²) >= 11 is 8.94. The number of fused-ring (bicyclic) bond motifs is 2. The van der Waals surface area contributed by atoms with E-state index in [1.54, 1.807) is 10.9 Å². The van der Waals surface area contributed by atoms with Gasteiger partial charge in [0.25, 0.3) is 5.91 Å². The van der Waals surface area contributed by atoms with Crippen molar-refractivity contribution in [2.75, 3.05) is 12.4 Å². The summed E-state index contributed by atoms with van der Waals surface area (Å²) in [6.45, 7) is 0. The molecule has 34 heavy (non-hydrogen) atoms. The van der Waals surface area contributed by atoms with Crippen LogP contribution in [-0.2, 0) is 0 Å². The average molecular weight is 532 g/mol. The molecule has 0 spiro atoms. The highest BCUT2D eigenvalue weighted by atomic mass is 79.9. The van der Waals surface area contributed by atoms with Crippen molar-refractivity contribution in [1.82, 2.24) is 20.3 Å². The fraction of sp³-hybridized carbons (Fsp3) is 0.0400. The largest absolute Gasteiger partial charge is 0.495 e. The molecule has 0 bridgehead atoms. The van der Waals surface area contributed by atoms with Crippen molar-refractivity contribution < 1.29 is 9.53 Å². The van der Waals surface area contributed by atoms with E-state index in [1.807, 2.05) is 72.8 Å². The van der Waals surface area contributed by atoms with Crippen LogP contribution in [0.15, 0.2) is 83.3 Å². The van der Waals surface area contributed by atoms with Crippen LogP contribution in [0.1, 0.15) is 10.4 Å². The number of para-hydroxylation sites is 1. The molecule has 0 aliphatic heterocycles. The second-order valence-corrected chi connectivity index (χ2v) is 8.63. The number of nitrogens with one attached hydrogen (secondary N) is 2. The summed E-state index contributed by atoms with van der Waals surface area (Å²) in [6.07, 6.45) is 0. The normalized spacial score (nSPS) is 10.9. The van der Waals surface area contributed by atoms with Crippen LogP contribution in [0.3, 0.4) is 0 Å². The summed E-state index contributed by atoms with van der Waals surface area (Å²) in [6, 6.07) is 24.7. The number of halogens is 1. The molecule has 0 saturated heterocycles. The van der Waals surface area contributed by atoms with E-state index < -0.39 is 0 Å². The van der Waals surface area contributed by atoms with Gasteiger partial charge in [-0.05, 0) is 75.3 Å². The fourth-order valence-corrected chi connectivity index (χ4v) is 4.60. The minimum Gasteiger partial charge on any atom is -0.495 e. The number of carbonyl (C=O) groups excluding carboxylic acids is 1. The zero-order valence-electron chi connectivity index (χ0n) is 17.9. The second kappa shape index (κ2) is 9.20. The first-order valence-electron chi connectivity index (χ1n) is 10.3. The Kier molecular flexibility index (Phi) is 5.95. The predicted molar refractivity (Wildman–Crippen MR) is 141 cm³/mol. The molecule has 0 fully saturated rings. The lowest BCUT2D eigenvalue weighted by Crippen LogP contribution is -2.34. The molecule has 168 valence electrons. The number of carbonyl (C=O) groups is 1. The summed E-state index contributed by atoms with van der Waals surface area (Å²) in [5, 5.41) is 16.8. The number of thiocarbonyl (C=S) groups is 1. The maximum absolute atomic E-state index is 13.0. The average Bonchev–Trinajstić information content (AvgIpc) is 3.28. The van der Waals surface area contributed by atoms with Gasteiger partial charge in [0.05, 0.1) is 22.8 Å². The fourth-order valence-electron chi connectivity index (χ4n) is 3.65. The van der Waals surface area contributed by atoms with Gasteiger partial charge in [0.2, 0.25) is 0 Å². The van der Waals surface area contributed by atoms with Gasteiger partial charge in [-0.2, -0.15) is 4.80 Å². The van der Waals surface area contributed by atoms with E-state index in [0.29, 0.717) is 27.0 Å². The Bertz CT molecular complexity index is 1550. The van der Waals surface area contributed by atoms with Crippen molar-refractivity contribution in [2.24, 2.45) is 0 Å². The number of anilines is 1. The molecular formula is C25H18BrN5O2S. The van der Waals surface area contributed by atoms with Gasteiger partial charge in [0.15, 0.2) is 5.11 Å². The molecule has 1 amide bonds. The number of benzene rings is 4. The van der Waals surface area contributed by atoms with Crippen LogP contribution in [0, 0.1) is 0 Å². The first-order valence-corrected chi connectivity index (χ1v) is 11.5. The predicted octanol–water partition coefficient (Wildman–Crippen LogP) is 5.47. The number of hydrogen-bond donors (Lipinski definition) is 2. The van der Waals surface area contributed by atoms with E-state index in [0.717, 1.165) is 22.0 Å². The zero-order chi connectivity index (χ0) is 23.7. The number of nitrogens with zero attached hydrogens (tertiary/aromatic N) is 3. The van der Waals surface area contributed by atoms with Gasteiger partial charge in [-0.15, -0.1) is 10.2 Å². The van der Waals surface area contributed by atoms with Crippen LogP contribution in [0.25, 0.3) is 27.5 Å². The van der Waals surface area contributed by atoms with Crippen LogP contribution in [-0.4, -0.2) is 33.1 Å². The van der Waals surface area contributed by atoms with Crippen LogP contribution in [0.5, 0.6) is 5.75 Å². The standard InChI is InChI=1S/C25H18BrN5O2S/c1-33-23-19(13-15-7-5-6-10-18(15)22(23)26)24(32)28-25(34)27-16-11-12-20-21(14-16)30-31(29-20)17-8-3-2-4-9-17/h2-14H,1H3,(H2,27,28,32,34). The van der Waals surface area contributed by atoms with Crippen LogP contribution in [0.4, 0.5) is 5.69 Å². The van der Waals surface area contributed by atoms with Gasteiger partial charge in [0, 0.05) is 5.69 Å². The van der Waals surface area contributed by atoms with E-state index in [9.17, 15) is 4.79 Å². The summed E-state index contributed by atoms with van der Waals surface area (Å²) in [5.41, 5.74) is 3.37. The molecule has 2 N–H and O–H groups in total. The van der Waals surface area contributed by atoms with Gasteiger partial charge in [-0.1, -0.05) is 42.5 Å². The Morgan fingerprint density at radius 3 is 2.50 bits per heavy atom. The van der Waals surface area contributed by atoms with Crippen molar-refractivity contribution in [1.29, 1.82) is 0 Å². The first-order chi connectivity index (χ1) is 16.5. The molecule has 0 saturated carbocycles. The third-order valence-corrected chi connectivity index (χ3v) is 6.23. The third kappa shape index (κ3) is 4.23. The van der Waals surface area contributed by atoms with Gasteiger partial charge in [-0.3, -0.25) is 10.1 Å². The van der Waals surface area contributed by atoms with Crippen LogP contribution in [0.2, 0.25) is 0 Å². The lowest BCUT2D eigenvalue weighted by molar-refractivity contribution is 0.0975. The van der Waals surface area contributed by atoms with Gasteiger partial charge < -0.3 is 10.1 Å². The molecule has 7 nitrogen and oxygen atoms in total. The maximum atomic E-state index is 13.0. The van der Waals surface area contributed by atoms with Crippen molar-refractivity contribution in [2.45, 2.75) is 0 Å². The number of amides is 1. The summed E-state index contributed by atoms with van der Waals surface area (Å²) in [5.74, 6) is 0.0647. The summed E-state index contributed by atoms with van der Waals surface area (Å²) in [4.78, 5) is 14.6. The monoisotopic (exact) mass is 531 g/mol. The minimum absolute atomic E-state index is 0.158. The maximum Gasteiger partial charge on any atom is 0.261 e. The third-order valence-electron chi connectivity index (χ3n) is 5.24. The molecule has 1 heterocycles. The lowest BCUT2D eigenvalue weighted by Gasteiger charge is -2.14. The Hall–Kier alpha value is -3.82. The Morgan fingerprint density at radius 2 is 1.71 bits per heavy atom. The highest BCUT2D eigenvalue weighted by Crippen LogP contribution is 2.36. The van der Waals surface area contributed by atoms with Crippen LogP contribution >= 0.6 is 28.1 Å². The molecule has 5 aromatic rings. The van der Waals surface area contributed by atoms with Crippen molar-refractivity contribution >= 4 is 66.7 Å². The van der Waals surface area contributed by atoms with Crippen molar-refractivity contribution in [3.8, 4) is 11.4 Å². The van der Waals surface area contributed by atoms with Crippen molar-refractivity contribution in [3.05, 3.63) is 88.9 Å². The SMILES string of the molecule is COc1c(C(=O)NC(=S)Nc2ccc3nn(-c4ccccc4)nc3c2)cc2ccccc2c1Br. The number of rotatable bonds is 4. The Labute approximate surface area is 208 Å². The first kappa shape index (κ1) is 22.0. The summed E-state index contributed by atoms with van der Waals surface area (Å²) in [7, 11) is 1.53. The van der Waals surface area contributed by atoms with Gasteiger partial charge >= 0.3 is 0 Å². The van der Waals surface area contributed by atoms with E-state index in [2.05, 4.69) is 36.8 Å². The molecule has 0 aliphatic rings. The topological polar surface area (TPSA) is 81.1 Å². The van der Waals surface area contributed by atoms with E-state index >= 15 is 0 Å². The highest BCUT2D eigenvalue weighted by Gasteiger charge is 2.19. The smallest absolute Gasteiger partial charge is 0.261 e. The number of aromatic nitrogens is 3. The molecule has 0 unspecified atom stereocenters. The van der Waals surface area contributed by atoms with Crippen molar-refractivity contribution in [3.63, 3.8) is 0 Å². The molecule has 0 radical (unpaired) electrons. The van der Waals surface area contributed by atoms with E-state index in [1.165, 1.54) is 7.11 Å². The number of methoxy groups -OCH3 is 1. The molecule has 4 aromatic carbocycles. The van der Waals surface area contributed by atoms with Gasteiger partial charge in [-0.25, -0.2) is 0 Å². The summed E-state index contributed by atoms with van der Waals surface area (Å²) < 4.78 is 6.22. The minimum atomic E-state index is -0.378. The number of hydrogen-bond acceptors (Lipinski definition) is 5. The lowest BCUT2D eigenvalue weighted by atomic mass is 10.1. The Morgan fingerprint density at radius 1 is 0.971 bits per heavy atom. The quantitative estimate of drug-likeness (QED) is 0.299. The molecule has 5 rings (SSSR count). The molecule has 0 aliphatic carbocycles. The second-order valence-electron chi connectivity index (χ2n) is 7.43.